The van der Waals surface area contributed by atoms with Gasteiger partial charge in [-0.3, -0.25) is 4.79 Å². The Labute approximate surface area is 148 Å². The normalized spacial score (nSPS) is 29.8. The molecule has 1 heterocycles. The lowest BCUT2D eigenvalue weighted by Gasteiger charge is -2.40. The zero-order valence-corrected chi connectivity index (χ0v) is 14.4. The number of esters is 1. The second kappa shape index (κ2) is 7.69. The number of hydrogen-bond donors (Lipinski definition) is 1. The molecule has 0 radical (unpaired) electrons. The molecule has 1 aliphatic heterocycles. The summed E-state index contributed by atoms with van der Waals surface area (Å²) in [5.74, 6) is -3.19. The van der Waals surface area contributed by atoms with Crippen molar-refractivity contribution in [1.82, 2.24) is 5.32 Å². The van der Waals surface area contributed by atoms with Gasteiger partial charge in [-0.05, 0) is 19.1 Å². The van der Waals surface area contributed by atoms with Crippen molar-refractivity contribution in [2.75, 3.05) is 0 Å². The maximum atomic E-state index is 14.4. The summed E-state index contributed by atoms with van der Waals surface area (Å²) in [4.78, 5) is 23.3. The maximum Gasteiger partial charge on any atom is 0.471 e. The highest BCUT2D eigenvalue weighted by molar-refractivity contribution is 9.09. The van der Waals surface area contributed by atoms with Crippen molar-refractivity contribution in [2.24, 2.45) is 0 Å². The minimum Gasteiger partial charge on any atom is -0.453 e. The molecule has 0 aliphatic carbocycles. The Bertz CT molecular complexity index is 628. The molecule has 138 valence electrons. The predicted octanol–water partition coefficient (Wildman–Crippen LogP) is 2.74. The molecule has 1 aromatic rings. The number of hydrogen-bond acceptors (Lipinski definition) is 4. The van der Waals surface area contributed by atoms with Crippen LogP contribution < -0.4 is 5.32 Å². The number of amides is 1. The van der Waals surface area contributed by atoms with Crippen LogP contribution in [-0.2, 0) is 14.3 Å². The quantitative estimate of drug-likeness (QED) is 0.457. The van der Waals surface area contributed by atoms with Crippen molar-refractivity contribution in [1.29, 1.82) is 0 Å². The summed E-state index contributed by atoms with van der Waals surface area (Å²) < 4.78 is 62.1. The first-order chi connectivity index (χ1) is 11.6. The molecule has 0 aromatic heterocycles. The standard InChI is InChI=1S/C15H14BrF4NO4/c1-7-10(21-14(23)15(18,19)20)11(9(17)12(16)24-7)25-13(22)8-5-3-2-4-6-8/h2-7,9-12H,1H3,(H,21,23)/t7-,9-,10+,11-,12+/m1/s1. The van der Waals surface area contributed by atoms with Crippen LogP contribution in [0.2, 0.25) is 0 Å². The third-order valence-electron chi connectivity index (χ3n) is 3.58. The lowest BCUT2D eigenvalue weighted by molar-refractivity contribution is -0.181. The molecule has 1 fully saturated rings. The second-order valence-corrected chi connectivity index (χ2v) is 6.27. The Morgan fingerprint density at radius 2 is 1.84 bits per heavy atom. The molecule has 0 unspecified atom stereocenters. The van der Waals surface area contributed by atoms with Crippen LogP contribution in [0.25, 0.3) is 0 Å². The first-order valence-electron chi connectivity index (χ1n) is 7.18. The number of carbonyl (C=O) groups excluding carboxylic acids is 2. The molecule has 0 bridgehead atoms. The van der Waals surface area contributed by atoms with Crippen molar-refractivity contribution < 1.29 is 36.6 Å². The first-order valence-corrected chi connectivity index (χ1v) is 8.10. The fourth-order valence-corrected chi connectivity index (χ4v) is 2.96. The van der Waals surface area contributed by atoms with Gasteiger partial charge in [-0.2, -0.15) is 13.2 Å². The average Bonchev–Trinajstić information content (AvgIpc) is 2.55. The van der Waals surface area contributed by atoms with Gasteiger partial charge < -0.3 is 14.8 Å². The smallest absolute Gasteiger partial charge is 0.453 e. The molecule has 5 atom stereocenters. The van der Waals surface area contributed by atoms with Crippen molar-refractivity contribution in [3.8, 4) is 0 Å². The molecule has 1 amide bonds. The number of halogens is 5. The number of ether oxygens (including phenoxy) is 2. The van der Waals surface area contributed by atoms with Gasteiger partial charge in [0.15, 0.2) is 12.3 Å². The van der Waals surface area contributed by atoms with E-state index in [2.05, 4.69) is 15.9 Å². The first kappa shape index (κ1) is 19.6. The Hall–Kier alpha value is -1.68. The summed E-state index contributed by atoms with van der Waals surface area (Å²) in [6.07, 6.45) is -9.84. The van der Waals surface area contributed by atoms with Crippen LogP contribution in [0.3, 0.4) is 0 Å². The summed E-state index contributed by atoms with van der Waals surface area (Å²) in [5.41, 5.74) is 0.0980. The van der Waals surface area contributed by atoms with Crippen LogP contribution >= 0.6 is 15.9 Å². The number of alkyl halides is 5. The molecule has 0 saturated carbocycles. The van der Waals surface area contributed by atoms with Gasteiger partial charge in [0.05, 0.1) is 17.7 Å². The lowest BCUT2D eigenvalue weighted by Crippen LogP contribution is -2.63. The van der Waals surface area contributed by atoms with E-state index >= 15 is 0 Å². The van der Waals surface area contributed by atoms with E-state index in [-0.39, 0.29) is 5.56 Å². The fourth-order valence-electron chi connectivity index (χ4n) is 2.32. The summed E-state index contributed by atoms with van der Waals surface area (Å²) in [6.45, 7) is 1.34. The monoisotopic (exact) mass is 427 g/mol. The van der Waals surface area contributed by atoms with Gasteiger partial charge in [0.25, 0.3) is 0 Å². The summed E-state index contributed by atoms with van der Waals surface area (Å²) in [5, 5.41) is 0.441. The molecule has 1 aliphatic rings. The van der Waals surface area contributed by atoms with E-state index in [4.69, 9.17) is 9.47 Å². The fraction of sp³-hybridized carbons (Fsp3) is 0.467. The molecular formula is C15H14BrF4NO4. The minimum atomic E-state index is -5.16. The minimum absolute atomic E-state index is 0.0980. The Morgan fingerprint density at radius 1 is 1.24 bits per heavy atom. The van der Waals surface area contributed by atoms with Crippen molar-refractivity contribution >= 4 is 27.8 Å². The molecular weight excluding hydrogens is 414 g/mol. The molecule has 10 heteroatoms. The zero-order valence-electron chi connectivity index (χ0n) is 12.8. The third kappa shape index (κ3) is 4.69. The van der Waals surface area contributed by atoms with Crippen molar-refractivity contribution in [2.45, 2.75) is 42.5 Å². The number of rotatable bonds is 3. The van der Waals surface area contributed by atoms with Gasteiger partial charge in [-0.15, -0.1) is 0 Å². The van der Waals surface area contributed by atoms with Crippen LogP contribution in [0.5, 0.6) is 0 Å². The largest absolute Gasteiger partial charge is 0.471 e. The van der Waals surface area contributed by atoms with Crippen LogP contribution in [0, 0.1) is 0 Å². The topological polar surface area (TPSA) is 64.6 Å². The second-order valence-electron chi connectivity index (χ2n) is 5.37. The van der Waals surface area contributed by atoms with E-state index in [9.17, 15) is 27.2 Å². The third-order valence-corrected chi connectivity index (χ3v) is 4.30. The maximum absolute atomic E-state index is 14.4. The number of benzene rings is 1. The summed E-state index contributed by atoms with van der Waals surface area (Å²) in [7, 11) is 0. The van der Waals surface area contributed by atoms with E-state index < -0.39 is 47.5 Å². The van der Waals surface area contributed by atoms with Gasteiger partial charge in [-0.25, -0.2) is 9.18 Å². The van der Waals surface area contributed by atoms with Crippen molar-refractivity contribution in [3.63, 3.8) is 0 Å². The molecule has 5 nitrogen and oxygen atoms in total. The van der Waals surface area contributed by atoms with Gasteiger partial charge in [-0.1, -0.05) is 34.1 Å². The molecule has 25 heavy (non-hydrogen) atoms. The average molecular weight is 428 g/mol. The highest BCUT2D eigenvalue weighted by Gasteiger charge is 2.50. The molecule has 1 N–H and O–H groups in total. The van der Waals surface area contributed by atoms with Gasteiger partial charge in [0, 0.05) is 0 Å². The predicted molar refractivity (Wildman–Crippen MR) is 81.8 cm³/mol. The SMILES string of the molecule is C[C@H]1O[C@H](Br)[C@H](F)[C@@H](OC(=O)c2ccccc2)[C@H]1NC(=O)C(F)(F)F. The van der Waals surface area contributed by atoms with E-state index in [1.807, 2.05) is 0 Å². The lowest BCUT2D eigenvalue weighted by atomic mass is 9.98. The van der Waals surface area contributed by atoms with E-state index in [0.29, 0.717) is 0 Å². The van der Waals surface area contributed by atoms with E-state index in [0.717, 1.165) is 0 Å². The Morgan fingerprint density at radius 3 is 2.40 bits per heavy atom. The zero-order chi connectivity index (χ0) is 18.8. The van der Waals surface area contributed by atoms with Crippen LogP contribution in [0.1, 0.15) is 17.3 Å². The van der Waals surface area contributed by atoms with E-state index in [1.54, 1.807) is 23.5 Å². The highest BCUT2D eigenvalue weighted by Crippen LogP contribution is 2.30. The van der Waals surface area contributed by atoms with Crippen LogP contribution in [0.4, 0.5) is 17.6 Å². The van der Waals surface area contributed by atoms with Gasteiger partial charge in [0.1, 0.15) is 5.01 Å². The Balaban J connectivity index is 2.21. The molecule has 2 rings (SSSR count). The highest BCUT2D eigenvalue weighted by atomic mass is 79.9. The molecule has 1 saturated heterocycles. The summed E-state index contributed by atoms with van der Waals surface area (Å²) >= 11 is 2.89. The molecule has 1 aromatic carbocycles. The number of carbonyl (C=O) groups is 2. The Kier molecular flexibility index (Phi) is 6.04. The van der Waals surface area contributed by atoms with Gasteiger partial charge >= 0.3 is 18.1 Å². The molecule has 0 spiro atoms. The van der Waals surface area contributed by atoms with E-state index in [1.165, 1.54) is 19.1 Å². The summed E-state index contributed by atoms with van der Waals surface area (Å²) in [6, 6.07) is 6.05. The van der Waals surface area contributed by atoms with Crippen LogP contribution in [0.15, 0.2) is 30.3 Å². The van der Waals surface area contributed by atoms with Crippen molar-refractivity contribution in [3.05, 3.63) is 35.9 Å². The van der Waals surface area contributed by atoms with Gasteiger partial charge in [0.2, 0.25) is 0 Å². The van der Waals surface area contributed by atoms with Crippen LogP contribution in [-0.4, -0.2) is 47.5 Å². The number of nitrogens with one attached hydrogen (secondary N) is 1.